The molecular weight excluding hydrogens is 322 g/mol. The maximum absolute atomic E-state index is 12.1. The van der Waals surface area contributed by atoms with Crippen LogP contribution in [0.3, 0.4) is 0 Å². The molecule has 6 heteroatoms. The number of hydrogen-bond donors (Lipinski definition) is 1. The van der Waals surface area contributed by atoms with E-state index in [1.54, 1.807) is 6.20 Å². The second-order valence-corrected chi connectivity index (χ2v) is 6.40. The van der Waals surface area contributed by atoms with E-state index in [0.717, 1.165) is 38.1 Å². The molecule has 112 valence electrons. The van der Waals surface area contributed by atoms with Gasteiger partial charge < -0.3 is 10.1 Å². The van der Waals surface area contributed by atoms with Gasteiger partial charge in [0.2, 0.25) is 0 Å². The number of rotatable bonds is 6. The van der Waals surface area contributed by atoms with Crippen molar-refractivity contribution in [3.05, 3.63) is 21.0 Å². The molecule has 1 fully saturated rings. The fraction of sp³-hybridized carbons (Fsp3) is 0.714. The number of ether oxygens (including phenoxy) is 1. The van der Waals surface area contributed by atoms with E-state index in [-0.39, 0.29) is 5.56 Å². The third kappa shape index (κ3) is 4.06. The zero-order chi connectivity index (χ0) is 14.5. The predicted octanol–water partition coefficient (Wildman–Crippen LogP) is 2.64. The van der Waals surface area contributed by atoms with Gasteiger partial charge in [0, 0.05) is 19.7 Å². The van der Waals surface area contributed by atoms with E-state index < -0.39 is 0 Å². The normalized spacial score (nSPS) is 18.7. The first-order valence-electron chi connectivity index (χ1n) is 7.19. The molecule has 1 aromatic heterocycles. The minimum absolute atomic E-state index is 0.0826. The third-order valence-corrected chi connectivity index (χ3v) is 4.10. The summed E-state index contributed by atoms with van der Waals surface area (Å²) in [6.45, 7) is 6.43. The fourth-order valence-electron chi connectivity index (χ4n) is 2.30. The Morgan fingerprint density at radius 1 is 1.60 bits per heavy atom. The largest absolute Gasteiger partial charge is 0.383 e. The molecule has 2 rings (SSSR count). The van der Waals surface area contributed by atoms with E-state index in [1.165, 1.54) is 4.68 Å². The SMILES string of the molecule is CC(C)Cn1ncc(NCCC2CCCO2)c(Br)c1=O. The van der Waals surface area contributed by atoms with Crippen molar-refractivity contribution in [3.8, 4) is 0 Å². The van der Waals surface area contributed by atoms with Crippen molar-refractivity contribution in [1.82, 2.24) is 9.78 Å². The van der Waals surface area contributed by atoms with Gasteiger partial charge >= 0.3 is 0 Å². The van der Waals surface area contributed by atoms with Crippen LogP contribution in [0, 0.1) is 5.92 Å². The van der Waals surface area contributed by atoms with Crippen molar-refractivity contribution in [3.63, 3.8) is 0 Å². The number of nitrogens with zero attached hydrogens (tertiary/aromatic N) is 2. The van der Waals surface area contributed by atoms with Crippen LogP contribution in [-0.2, 0) is 11.3 Å². The minimum atomic E-state index is -0.0826. The van der Waals surface area contributed by atoms with Gasteiger partial charge in [-0.3, -0.25) is 4.79 Å². The lowest BCUT2D eigenvalue weighted by molar-refractivity contribution is 0.107. The molecule has 1 atom stereocenters. The summed E-state index contributed by atoms with van der Waals surface area (Å²) in [6, 6.07) is 0. The number of nitrogens with one attached hydrogen (secondary N) is 1. The topological polar surface area (TPSA) is 56.1 Å². The van der Waals surface area contributed by atoms with Crippen LogP contribution < -0.4 is 10.9 Å². The first-order valence-corrected chi connectivity index (χ1v) is 7.98. The maximum Gasteiger partial charge on any atom is 0.283 e. The van der Waals surface area contributed by atoms with Crippen molar-refractivity contribution >= 4 is 21.6 Å². The monoisotopic (exact) mass is 343 g/mol. The number of hydrogen-bond acceptors (Lipinski definition) is 4. The number of halogens is 1. The summed E-state index contributed by atoms with van der Waals surface area (Å²) < 4.78 is 7.63. The molecule has 20 heavy (non-hydrogen) atoms. The summed E-state index contributed by atoms with van der Waals surface area (Å²) in [5.74, 6) is 0.394. The maximum atomic E-state index is 12.1. The molecule has 1 N–H and O–H groups in total. The Kier molecular flexibility index (Phi) is 5.60. The van der Waals surface area contributed by atoms with Crippen molar-refractivity contribution < 1.29 is 4.74 Å². The van der Waals surface area contributed by atoms with Crippen LogP contribution in [0.25, 0.3) is 0 Å². The van der Waals surface area contributed by atoms with Gasteiger partial charge in [0.05, 0.1) is 18.0 Å². The van der Waals surface area contributed by atoms with E-state index >= 15 is 0 Å². The summed E-state index contributed by atoms with van der Waals surface area (Å²) in [5, 5.41) is 7.47. The molecule has 0 aromatic carbocycles. The van der Waals surface area contributed by atoms with Crippen molar-refractivity contribution in [2.24, 2.45) is 5.92 Å². The minimum Gasteiger partial charge on any atom is -0.383 e. The Labute approximate surface area is 127 Å². The van der Waals surface area contributed by atoms with E-state index in [1.807, 2.05) is 0 Å². The summed E-state index contributed by atoms with van der Waals surface area (Å²) >= 11 is 3.37. The summed E-state index contributed by atoms with van der Waals surface area (Å²) in [5.41, 5.74) is 0.675. The molecule has 0 saturated carbocycles. The first kappa shape index (κ1) is 15.5. The van der Waals surface area contributed by atoms with Crippen molar-refractivity contribution in [1.29, 1.82) is 0 Å². The molecule has 1 saturated heterocycles. The molecule has 1 unspecified atom stereocenters. The molecule has 1 aromatic rings. The lowest BCUT2D eigenvalue weighted by Crippen LogP contribution is -2.26. The summed E-state index contributed by atoms with van der Waals surface area (Å²) in [7, 11) is 0. The smallest absolute Gasteiger partial charge is 0.283 e. The molecule has 0 amide bonds. The van der Waals surface area contributed by atoms with Crippen molar-refractivity contribution in [2.45, 2.75) is 45.8 Å². The second kappa shape index (κ2) is 7.22. The van der Waals surface area contributed by atoms with Gasteiger partial charge in [0.25, 0.3) is 5.56 Å². The average Bonchev–Trinajstić information content (AvgIpc) is 2.90. The predicted molar refractivity (Wildman–Crippen MR) is 83.1 cm³/mol. The van der Waals surface area contributed by atoms with Gasteiger partial charge in [-0.25, -0.2) is 4.68 Å². The zero-order valence-corrected chi connectivity index (χ0v) is 13.6. The Hall–Kier alpha value is -0.880. The molecule has 5 nitrogen and oxygen atoms in total. The standard InChI is InChI=1S/C14H22BrN3O2/c1-10(2)9-18-14(19)13(15)12(8-17-18)16-6-5-11-4-3-7-20-11/h8,10-11,16H,3-7,9H2,1-2H3. The van der Waals surface area contributed by atoms with Gasteiger partial charge in [-0.2, -0.15) is 5.10 Å². The molecule has 0 aliphatic carbocycles. The highest BCUT2D eigenvalue weighted by atomic mass is 79.9. The van der Waals surface area contributed by atoms with Crippen LogP contribution in [0.15, 0.2) is 15.5 Å². The van der Waals surface area contributed by atoms with Gasteiger partial charge in [-0.1, -0.05) is 13.8 Å². The molecule has 2 heterocycles. The zero-order valence-electron chi connectivity index (χ0n) is 12.1. The van der Waals surface area contributed by atoms with Crippen molar-refractivity contribution in [2.75, 3.05) is 18.5 Å². The Morgan fingerprint density at radius 3 is 3.05 bits per heavy atom. The van der Waals surface area contributed by atoms with Crippen LogP contribution in [-0.4, -0.2) is 29.0 Å². The Morgan fingerprint density at radius 2 is 2.40 bits per heavy atom. The Balaban J connectivity index is 1.94. The van der Waals surface area contributed by atoms with Crippen LogP contribution in [0.5, 0.6) is 0 Å². The highest BCUT2D eigenvalue weighted by Gasteiger charge is 2.15. The van der Waals surface area contributed by atoms with Crippen LogP contribution in [0.4, 0.5) is 5.69 Å². The average molecular weight is 344 g/mol. The molecular formula is C14H22BrN3O2. The lowest BCUT2D eigenvalue weighted by atomic mass is 10.2. The number of anilines is 1. The van der Waals surface area contributed by atoms with E-state index in [2.05, 4.69) is 40.2 Å². The van der Waals surface area contributed by atoms with Gasteiger partial charge in [-0.05, 0) is 41.1 Å². The van der Waals surface area contributed by atoms with E-state index in [9.17, 15) is 4.79 Å². The molecule has 1 aliphatic heterocycles. The van der Waals surface area contributed by atoms with Gasteiger partial charge in [0.1, 0.15) is 4.47 Å². The van der Waals surface area contributed by atoms with E-state index in [0.29, 0.717) is 23.0 Å². The second-order valence-electron chi connectivity index (χ2n) is 5.60. The molecule has 0 radical (unpaired) electrons. The summed E-state index contributed by atoms with van der Waals surface area (Å²) in [4.78, 5) is 12.1. The fourth-order valence-corrected chi connectivity index (χ4v) is 2.75. The summed E-state index contributed by atoms with van der Waals surface area (Å²) in [6.07, 6.45) is 5.32. The van der Waals surface area contributed by atoms with Crippen LogP contribution in [0.2, 0.25) is 0 Å². The van der Waals surface area contributed by atoms with Crippen LogP contribution in [0.1, 0.15) is 33.1 Å². The quantitative estimate of drug-likeness (QED) is 0.862. The highest BCUT2D eigenvalue weighted by Crippen LogP contribution is 2.18. The Bertz CT molecular complexity index is 496. The molecule has 1 aliphatic rings. The van der Waals surface area contributed by atoms with E-state index in [4.69, 9.17) is 4.74 Å². The van der Waals surface area contributed by atoms with Gasteiger partial charge in [0.15, 0.2) is 0 Å². The lowest BCUT2D eigenvalue weighted by Gasteiger charge is -2.13. The molecule has 0 spiro atoms. The molecule has 0 bridgehead atoms. The van der Waals surface area contributed by atoms with Crippen LogP contribution >= 0.6 is 15.9 Å². The third-order valence-electron chi connectivity index (χ3n) is 3.33. The highest BCUT2D eigenvalue weighted by molar-refractivity contribution is 9.10. The first-order chi connectivity index (χ1) is 9.58. The number of aromatic nitrogens is 2. The van der Waals surface area contributed by atoms with Gasteiger partial charge in [-0.15, -0.1) is 0 Å².